The van der Waals surface area contributed by atoms with E-state index in [0.29, 0.717) is 11.4 Å². The van der Waals surface area contributed by atoms with E-state index in [4.69, 9.17) is 0 Å². The standard InChI is InChI=1S/C20H18BrN3O2/c1-13-12-16(21)8-9-17(13)22-20(26)14(2)24-19(25)11-10-18(23-24)15-6-4-3-5-7-15/h3-12,14H,1-2H3,(H,22,26). The highest BCUT2D eigenvalue weighted by atomic mass is 79.9. The Kier molecular flexibility index (Phi) is 5.32. The minimum Gasteiger partial charge on any atom is -0.324 e. The Bertz CT molecular complexity index is 999. The van der Waals surface area contributed by atoms with Crippen molar-refractivity contribution in [2.24, 2.45) is 0 Å². The molecular weight excluding hydrogens is 394 g/mol. The van der Waals surface area contributed by atoms with Crippen LogP contribution in [0.15, 0.2) is 69.9 Å². The molecule has 2 aromatic carbocycles. The van der Waals surface area contributed by atoms with Crippen LogP contribution in [-0.4, -0.2) is 15.7 Å². The summed E-state index contributed by atoms with van der Waals surface area (Å²) in [6.45, 7) is 3.57. The average Bonchev–Trinajstić information content (AvgIpc) is 2.64. The third-order valence-corrected chi connectivity index (χ3v) is 4.58. The van der Waals surface area contributed by atoms with E-state index in [1.165, 1.54) is 10.7 Å². The number of benzene rings is 2. The van der Waals surface area contributed by atoms with Crippen LogP contribution in [0.4, 0.5) is 5.69 Å². The third-order valence-electron chi connectivity index (χ3n) is 4.09. The molecule has 0 radical (unpaired) electrons. The van der Waals surface area contributed by atoms with Crippen molar-refractivity contribution < 1.29 is 4.79 Å². The maximum Gasteiger partial charge on any atom is 0.267 e. The number of amides is 1. The zero-order chi connectivity index (χ0) is 18.7. The van der Waals surface area contributed by atoms with E-state index in [1.807, 2.05) is 55.5 Å². The molecule has 26 heavy (non-hydrogen) atoms. The van der Waals surface area contributed by atoms with Gasteiger partial charge < -0.3 is 5.32 Å². The first-order chi connectivity index (χ1) is 12.5. The predicted molar refractivity (Wildman–Crippen MR) is 106 cm³/mol. The van der Waals surface area contributed by atoms with Crippen LogP contribution in [0, 0.1) is 6.92 Å². The molecule has 1 aromatic heterocycles. The second kappa shape index (κ2) is 7.66. The van der Waals surface area contributed by atoms with Crippen LogP contribution in [0.25, 0.3) is 11.3 Å². The maximum atomic E-state index is 12.6. The summed E-state index contributed by atoms with van der Waals surface area (Å²) in [5, 5.41) is 7.24. The van der Waals surface area contributed by atoms with Gasteiger partial charge in [-0.3, -0.25) is 9.59 Å². The van der Waals surface area contributed by atoms with Crippen molar-refractivity contribution in [3.63, 3.8) is 0 Å². The van der Waals surface area contributed by atoms with Gasteiger partial charge in [0.25, 0.3) is 5.56 Å². The molecule has 0 aliphatic rings. The number of carbonyl (C=O) groups is 1. The van der Waals surface area contributed by atoms with Crippen LogP contribution in [0.2, 0.25) is 0 Å². The van der Waals surface area contributed by atoms with Crippen molar-refractivity contribution in [3.05, 3.63) is 81.1 Å². The van der Waals surface area contributed by atoms with E-state index in [2.05, 4.69) is 26.3 Å². The Morgan fingerprint density at radius 3 is 2.54 bits per heavy atom. The van der Waals surface area contributed by atoms with Gasteiger partial charge in [-0.2, -0.15) is 5.10 Å². The second-order valence-corrected chi connectivity index (χ2v) is 6.91. The zero-order valence-corrected chi connectivity index (χ0v) is 16.0. The number of anilines is 1. The normalized spacial score (nSPS) is 11.8. The number of hydrogen-bond donors (Lipinski definition) is 1. The van der Waals surface area contributed by atoms with Crippen LogP contribution in [0.1, 0.15) is 18.5 Å². The first kappa shape index (κ1) is 18.1. The lowest BCUT2D eigenvalue weighted by Crippen LogP contribution is -2.33. The quantitative estimate of drug-likeness (QED) is 0.699. The van der Waals surface area contributed by atoms with Gasteiger partial charge in [0.05, 0.1) is 5.69 Å². The van der Waals surface area contributed by atoms with Crippen LogP contribution >= 0.6 is 15.9 Å². The number of halogens is 1. The summed E-state index contributed by atoms with van der Waals surface area (Å²) in [7, 11) is 0. The van der Waals surface area contributed by atoms with Crippen LogP contribution in [-0.2, 0) is 4.79 Å². The van der Waals surface area contributed by atoms with Crippen molar-refractivity contribution >= 4 is 27.5 Å². The summed E-state index contributed by atoms with van der Waals surface area (Å²) in [4.78, 5) is 24.9. The fourth-order valence-electron chi connectivity index (χ4n) is 2.58. The highest BCUT2D eigenvalue weighted by Gasteiger charge is 2.19. The molecule has 6 heteroatoms. The summed E-state index contributed by atoms with van der Waals surface area (Å²) >= 11 is 3.40. The minimum atomic E-state index is -0.741. The zero-order valence-electron chi connectivity index (χ0n) is 14.4. The van der Waals surface area contributed by atoms with Crippen molar-refractivity contribution in [2.75, 3.05) is 5.32 Å². The smallest absolute Gasteiger partial charge is 0.267 e. The van der Waals surface area contributed by atoms with Crippen molar-refractivity contribution in [1.82, 2.24) is 9.78 Å². The van der Waals surface area contributed by atoms with Gasteiger partial charge in [0, 0.05) is 21.8 Å². The Morgan fingerprint density at radius 2 is 1.85 bits per heavy atom. The largest absolute Gasteiger partial charge is 0.324 e. The number of rotatable bonds is 4. The molecule has 0 spiro atoms. The van der Waals surface area contributed by atoms with E-state index >= 15 is 0 Å². The monoisotopic (exact) mass is 411 g/mol. The van der Waals surface area contributed by atoms with Crippen LogP contribution in [0.3, 0.4) is 0 Å². The maximum absolute atomic E-state index is 12.6. The molecular formula is C20H18BrN3O2. The van der Waals surface area contributed by atoms with Crippen LogP contribution < -0.4 is 10.9 Å². The van der Waals surface area contributed by atoms with Gasteiger partial charge in [0.15, 0.2) is 0 Å². The molecule has 3 aromatic rings. The lowest BCUT2D eigenvalue weighted by Gasteiger charge is -2.16. The fraction of sp³-hybridized carbons (Fsp3) is 0.150. The molecule has 0 fully saturated rings. The van der Waals surface area contributed by atoms with Gasteiger partial charge in [-0.25, -0.2) is 4.68 Å². The topological polar surface area (TPSA) is 64.0 Å². The molecule has 0 aliphatic carbocycles. The molecule has 1 heterocycles. The molecule has 0 aliphatic heterocycles. The van der Waals surface area contributed by atoms with Gasteiger partial charge in [0.2, 0.25) is 5.91 Å². The second-order valence-electron chi connectivity index (χ2n) is 5.99. The number of nitrogens with zero attached hydrogens (tertiary/aromatic N) is 2. The SMILES string of the molecule is Cc1cc(Br)ccc1NC(=O)C(C)n1nc(-c2ccccc2)ccc1=O. The molecule has 1 amide bonds. The lowest BCUT2D eigenvalue weighted by atomic mass is 10.1. The van der Waals surface area contributed by atoms with E-state index in [-0.39, 0.29) is 11.5 Å². The molecule has 1 unspecified atom stereocenters. The van der Waals surface area contributed by atoms with E-state index in [0.717, 1.165) is 15.6 Å². The number of nitrogens with one attached hydrogen (secondary N) is 1. The Hall–Kier alpha value is -2.73. The van der Waals surface area contributed by atoms with E-state index in [1.54, 1.807) is 13.0 Å². The molecule has 1 atom stereocenters. The lowest BCUT2D eigenvalue weighted by molar-refractivity contribution is -0.119. The molecule has 3 rings (SSSR count). The van der Waals surface area contributed by atoms with E-state index < -0.39 is 6.04 Å². The van der Waals surface area contributed by atoms with Crippen LogP contribution in [0.5, 0.6) is 0 Å². The number of hydrogen-bond acceptors (Lipinski definition) is 3. The molecule has 0 saturated heterocycles. The third kappa shape index (κ3) is 3.91. The summed E-state index contributed by atoms with van der Waals surface area (Å²) in [5.74, 6) is -0.296. The van der Waals surface area contributed by atoms with Gasteiger partial charge in [-0.05, 0) is 43.7 Å². The fourth-order valence-corrected chi connectivity index (χ4v) is 3.06. The number of aromatic nitrogens is 2. The van der Waals surface area contributed by atoms with Crippen molar-refractivity contribution in [3.8, 4) is 11.3 Å². The molecule has 5 nitrogen and oxygen atoms in total. The number of carbonyl (C=O) groups excluding carboxylic acids is 1. The summed E-state index contributed by atoms with van der Waals surface area (Å²) < 4.78 is 2.15. The molecule has 1 N–H and O–H groups in total. The summed E-state index contributed by atoms with van der Waals surface area (Å²) in [5.41, 5.74) is 2.85. The first-order valence-electron chi connectivity index (χ1n) is 8.18. The Labute approximate surface area is 159 Å². The van der Waals surface area contributed by atoms with Crippen molar-refractivity contribution in [1.29, 1.82) is 0 Å². The summed E-state index contributed by atoms with van der Waals surface area (Å²) in [6.07, 6.45) is 0. The molecule has 0 bridgehead atoms. The molecule has 132 valence electrons. The number of aryl methyl sites for hydroxylation is 1. The van der Waals surface area contributed by atoms with Gasteiger partial charge >= 0.3 is 0 Å². The van der Waals surface area contributed by atoms with Gasteiger partial charge in [0.1, 0.15) is 6.04 Å². The van der Waals surface area contributed by atoms with E-state index in [9.17, 15) is 9.59 Å². The van der Waals surface area contributed by atoms with Gasteiger partial charge in [-0.15, -0.1) is 0 Å². The molecule has 0 saturated carbocycles. The average molecular weight is 412 g/mol. The van der Waals surface area contributed by atoms with Crippen molar-refractivity contribution in [2.45, 2.75) is 19.9 Å². The summed E-state index contributed by atoms with van der Waals surface area (Å²) in [6, 6.07) is 17.5. The highest BCUT2D eigenvalue weighted by Crippen LogP contribution is 2.21. The predicted octanol–water partition coefficient (Wildman–Crippen LogP) is 4.18. The van der Waals surface area contributed by atoms with Gasteiger partial charge in [-0.1, -0.05) is 46.3 Å². The Morgan fingerprint density at radius 1 is 1.12 bits per heavy atom. The Balaban J connectivity index is 1.88. The first-order valence-corrected chi connectivity index (χ1v) is 8.97. The highest BCUT2D eigenvalue weighted by molar-refractivity contribution is 9.10. The minimum absolute atomic E-state index is 0.296.